The van der Waals surface area contributed by atoms with Crippen LogP contribution in [0.15, 0.2) is 35.3 Å². The molecule has 1 aromatic carbocycles. The van der Waals surface area contributed by atoms with Crippen LogP contribution in [0.1, 0.15) is 45.1 Å². The van der Waals surface area contributed by atoms with E-state index in [1.807, 2.05) is 18.2 Å². The fraction of sp³-hybridized carbons (Fsp3) is 0.636. The number of nitrogens with one attached hydrogen (secondary N) is 2. The lowest BCUT2D eigenvalue weighted by molar-refractivity contribution is -0.127. The van der Waals surface area contributed by atoms with Gasteiger partial charge in [0, 0.05) is 26.7 Å². The molecule has 0 aromatic heterocycles. The van der Waals surface area contributed by atoms with Crippen LogP contribution in [0.2, 0.25) is 0 Å². The van der Waals surface area contributed by atoms with Crippen molar-refractivity contribution < 1.29 is 9.53 Å². The third-order valence-electron chi connectivity index (χ3n) is 5.40. The number of hydrogen-bond donors (Lipinski definition) is 2. The van der Waals surface area contributed by atoms with Gasteiger partial charge in [-0.3, -0.25) is 4.79 Å². The number of ether oxygens (including phenoxy) is 1. The molecule has 0 radical (unpaired) electrons. The number of aliphatic imine (C=N–C) groups is 1. The summed E-state index contributed by atoms with van der Waals surface area (Å²) in [4.78, 5) is 18.3. The number of halogens is 1. The van der Waals surface area contributed by atoms with E-state index >= 15 is 0 Å². The van der Waals surface area contributed by atoms with E-state index in [1.165, 1.54) is 0 Å². The number of amides is 1. The molecule has 6 nitrogen and oxygen atoms in total. The third-order valence-corrected chi connectivity index (χ3v) is 5.40. The van der Waals surface area contributed by atoms with Crippen LogP contribution < -0.4 is 10.6 Å². The lowest BCUT2D eigenvalue weighted by Crippen LogP contribution is -2.50. The van der Waals surface area contributed by atoms with Gasteiger partial charge in [0.1, 0.15) is 0 Å². The second-order valence-electron chi connectivity index (χ2n) is 7.64. The second kappa shape index (κ2) is 13.8. The second-order valence-corrected chi connectivity index (χ2v) is 7.64. The number of rotatable bonds is 8. The molecule has 1 aliphatic heterocycles. The van der Waals surface area contributed by atoms with Gasteiger partial charge in [-0.15, -0.1) is 24.0 Å². The summed E-state index contributed by atoms with van der Waals surface area (Å²) < 4.78 is 6.03. The van der Waals surface area contributed by atoms with E-state index < -0.39 is 0 Å². The zero-order valence-corrected chi connectivity index (χ0v) is 20.5. The number of guanidine groups is 1. The van der Waals surface area contributed by atoms with Gasteiger partial charge < -0.3 is 20.3 Å². The highest BCUT2D eigenvalue weighted by molar-refractivity contribution is 14.0. The van der Waals surface area contributed by atoms with Crippen molar-refractivity contribution in [3.05, 3.63) is 35.9 Å². The Bertz CT molecular complexity index is 620. The van der Waals surface area contributed by atoms with Crippen molar-refractivity contribution >= 4 is 35.8 Å². The van der Waals surface area contributed by atoms with Gasteiger partial charge in [-0.2, -0.15) is 0 Å². The quantitative estimate of drug-likeness (QED) is 0.316. The first kappa shape index (κ1) is 25.7. The Hall–Kier alpha value is -1.35. The minimum Gasteiger partial charge on any atom is -0.378 e. The van der Waals surface area contributed by atoms with Crippen LogP contribution in [-0.4, -0.2) is 56.2 Å². The highest BCUT2D eigenvalue weighted by atomic mass is 127. The molecule has 0 aliphatic carbocycles. The van der Waals surface area contributed by atoms with Gasteiger partial charge in [-0.1, -0.05) is 57.0 Å². The standard InChI is InChI=1S/C22H36N4O2.HI/c1-5-18(6-2)20-14-19(12-13-28-20)25-22(24-16-21(27)26(3)4)23-15-17-10-8-7-9-11-17;/h7-11,18-20H,5-6,12-16H2,1-4H3,(H2,23,24,25);1H. The Morgan fingerprint density at radius 1 is 1.24 bits per heavy atom. The number of carbonyl (C=O) groups is 1. The Morgan fingerprint density at radius 3 is 2.55 bits per heavy atom. The van der Waals surface area contributed by atoms with Crippen LogP contribution in [0.25, 0.3) is 0 Å². The van der Waals surface area contributed by atoms with Crippen LogP contribution in [0.5, 0.6) is 0 Å². The van der Waals surface area contributed by atoms with E-state index in [0.29, 0.717) is 30.6 Å². The fourth-order valence-corrected chi connectivity index (χ4v) is 3.52. The predicted molar refractivity (Wildman–Crippen MR) is 130 cm³/mol. The molecule has 0 spiro atoms. The van der Waals surface area contributed by atoms with Gasteiger partial charge in [-0.25, -0.2) is 4.99 Å². The molecule has 1 fully saturated rings. The van der Waals surface area contributed by atoms with Crippen molar-refractivity contribution in [3.8, 4) is 0 Å². The van der Waals surface area contributed by atoms with Crippen molar-refractivity contribution in [2.75, 3.05) is 27.2 Å². The summed E-state index contributed by atoms with van der Waals surface area (Å²) >= 11 is 0. The van der Waals surface area contributed by atoms with Crippen molar-refractivity contribution in [2.24, 2.45) is 10.9 Å². The van der Waals surface area contributed by atoms with Crippen LogP contribution in [0.3, 0.4) is 0 Å². The largest absolute Gasteiger partial charge is 0.378 e. The molecule has 164 valence electrons. The lowest BCUT2D eigenvalue weighted by atomic mass is 9.89. The van der Waals surface area contributed by atoms with E-state index in [4.69, 9.17) is 9.73 Å². The molecule has 29 heavy (non-hydrogen) atoms. The monoisotopic (exact) mass is 516 g/mol. The number of benzene rings is 1. The highest BCUT2D eigenvalue weighted by Crippen LogP contribution is 2.25. The molecule has 2 rings (SSSR count). The van der Waals surface area contributed by atoms with Crippen LogP contribution in [0, 0.1) is 5.92 Å². The van der Waals surface area contributed by atoms with Gasteiger partial charge in [0.25, 0.3) is 0 Å². The molecule has 1 aliphatic rings. The number of hydrogen-bond acceptors (Lipinski definition) is 3. The minimum absolute atomic E-state index is 0. The number of carbonyl (C=O) groups excluding carboxylic acids is 1. The van der Waals surface area contributed by atoms with E-state index in [9.17, 15) is 4.79 Å². The molecule has 1 amide bonds. The van der Waals surface area contributed by atoms with Gasteiger partial charge in [-0.05, 0) is 24.3 Å². The highest BCUT2D eigenvalue weighted by Gasteiger charge is 2.28. The molecule has 1 saturated heterocycles. The maximum Gasteiger partial charge on any atom is 0.241 e. The third kappa shape index (κ3) is 8.90. The van der Waals surface area contributed by atoms with E-state index in [0.717, 1.165) is 37.9 Å². The van der Waals surface area contributed by atoms with Crippen molar-refractivity contribution in [2.45, 2.75) is 58.2 Å². The predicted octanol–water partition coefficient (Wildman–Crippen LogP) is 3.41. The Morgan fingerprint density at radius 2 is 1.93 bits per heavy atom. The first-order valence-corrected chi connectivity index (χ1v) is 10.4. The molecular formula is C22H37IN4O2. The number of nitrogens with zero attached hydrogens (tertiary/aromatic N) is 2. The smallest absolute Gasteiger partial charge is 0.241 e. The summed E-state index contributed by atoms with van der Waals surface area (Å²) in [5, 5.41) is 6.74. The van der Waals surface area contributed by atoms with Gasteiger partial charge in [0.15, 0.2) is 5.96 Å². The number of likely N-dealkylation sites (N-methyl/N-ethyl adjacent to an activating group) is 1. The first-order chi connectivity index (χ1) is 13.5. The fourth-order valence-electron chi connectivity index (χ4n) is 3.52. The molecule has 2 N–H and O–H groups in total. The zero-order valence-electron chi connectivity index (χ0n) is 18.2. The normalized spacial score (nSPS) is 19.4. The van der Waals surface area contributed by atoms with Crippen molar-refractivity contribution in [3.63, 3.8) is 0 Å². The Balaban J connectivity index is 0.00000420. The zero-order chi connectivity index (χ0) is 20.4. The van der Waals surface area contributed by atoms with E-state index in [-0.39, 0.29) is 36.4 Å². The summed E-state index contributed by atoms with van der Waals surface area (Å²) in [6.45, 7) is 6.03. The van der Waals surface area contributed by atoms with Crippen molar-refractivity contribution in [1.29, 1.82) is 0 Å². The van der Waals surface area contributed by atoms with Crippen molar-refractivity contribution in [1.82, 2.24) is 15.5 Å². The lowest BCUT2D eigenvalue weighted by Gasteiger charge is -2.35. The Labute approximate surface area is 192 Å². The maximum atomic E-state index is 12.0. The molecule has 1 aromatic rings. The maximum absolute atomic E-state index is 12.0. The molecular weight excluding hydrogens is 479 g/mol. The molecule has 1 heterocycles. The van der Waals surface area contributed by atoms with Gasteiger partial charge in [0.2, 0.25) is 5.91 Å². The minimum atomic E-state index is 0. The summed E-state index contributed by atoms with van der Waals surface area (Å²) in [6.07, 6.45) is 4.49. The summed E-state index contributed by atoms with van der Waals surface area (Å²) in [6, 6.07) is 10.4. The average Bonchev–Trinajstić information content (AvgIpc) is 2.71. The topological polar surface area (TPSA) is 66.0 Å². The van der Waals surface area contributed by atoms with E-state index in [1.54, 1.807) is 19.0 Å². The summed E-state index contributed by atoms with van der Waals surface area (Å²) in [5.74, 6) is 1.31. The van der Waals surface area contributed by atoms with E-state index in [2.05, 4.69) is 36.6 Å². The molecule has 7 heteroatoms. The molecule has 0 saturated carbocycles. The SMILES string of the molecule is CCC(CC)C1CC(NC(=NCc2ccccc2)NCC(=O)N(C)C)CCO1.I. The summed E-state index contributed by atoms with van der Waals surface area (Å²) in [7, 11) is 3.52. The van der Waals surface area contributed by atoms with Crippen LogP contribution >= 0.6 is 24.0 Å². The molecule has 0 bridgehead atoms. The van der Waals surface area contributed by atoms with Crippen LogP contribution in [-0.2, 0) is 16.1 Å². The summed E-state index contributed by atoms with van der Waals surface area (Å²) in [5.41, 5.74) is 1.14. The van der Waals surface area contributed by atoms with Gasteiger partial charge >= 0.3 is 0 Å². The first-order valence-electron chi connectivity index (χ1n) is 10.4. The van der Waals surface area contributed by atoms with Crippen LogP contribution in [0.4, 0.5) is 0 Å². The molecule has 2 atom stereocenters. The Kier molecular flexibility index (Phi) is 12.2. The average molecular weight is 516 g/mol. The van der Waals surface area contributed by atoms with Gasteiger partial charge in [0.05, 0.1) is 19.2 Å². The molecule has 2 unspecified atom stereocenters.